The van der Waals surface area contributed by atoms with Crippen molar-refractivity contribution in [2.45, 2.75) is 31.6 Å². The Morgan fingerprint density at radius 3 is 2.70 bits per heavy atom. The number of aryl methyl sites for hydroxylation is 2. The smallest absolute Gasteiger partial charge is 0.246 e. The number of H-pyrrole nitrogens is 1. The molecule has 0 saturated carbocycles. The first-order valence-electron chi connectivity index (χ1n) is 8.33. The number of piperidine rings is 1. The summed E-state index contributed by atoms with van der Waals surface area (Å²) in [4.78, 5) is 16.7. The molecule has 0 aromatic carbocycles. The van der Waals surface area contributed by atoms with E-state index < -0.39 is 15.9 Å². The summed E-state index contributed by atoms with van der Waals surface area (Å²) in [7, 11) is -3.69. The lowest BCUT2D eigenvalue weighted by Crippen LogP contribution is -2.43. The zero-order valence-corrected chi connectivity index (χ0v) is 16.7. The largest absolute Gasteiger partial charge is 0.384 e. The van der Waals surface area contributed by atoms with Crippen molar-refractivity contribution in [1.82, 2.24) is 19.5 Å². The van der Waals surface area contributed by atoms with Gasteiger partial charge in [0.1, 0.15) is 10.7 Å². The molecule has 0 aliphatic carbocycles. The minimum Gasteiger partial charge on any atom is -0.384 e. The summed E-state index contributed by atoms with van der Waals surface area (Å²) in [5.41, 5.74) is 7.00. The number of carbonyl (C=O) groups is 1. The van der Waals surface area contributed by atoms with Gasteiger partial charge in [0.2, 0.25) is 15.9 Å². The Hall–Kier alpha value is -2.17. The van der Waals surface area contributed by atoms with E-state index in [4.69, 9.17) is 5.73 Å². The standard InChI is InChI=1S/C16H22N6O3S.ClH/c1-10-15(11(2)21-20-10)26(24,25)22-7-3-4-12(9-22)16(23)19-13-5-6-14(17)18-8-13;/h5-6,8,12H,3-4,7,9H2,1-2H3,(H2,17,18)(H,19,23)(H,20,21);1H. The molecule has 2 aromatic heterocycles. The Balaban J connectivity index is 0.00000261. The Bertz CT molecular complexity index is 893. The van der Waals surface area contributed by atoms with Crippen LogP contribution in [0, 0.1) is 19.8 Å². The van der Waals surface area contributed by atoms with Crippen molar-refractivity contribution in [3.63, 3.8) is 0 Å². The summed E-state index contributed by atoms with van der Waals surface area (Å²) in [6, 6.07) is 3.26. The number of anilines is 2. The zero-order chi connectivity index (χ0) is 18.9. The van der Waals surface area contributed by atoms with E-state index in [-0.39, 0.29) is 29.8 Å². The summed E-state index contributed by atoms with van der Waals surface area (Å²) in [5, 5.41) is 9.44. The molecule has 11 heteroatoms. The predicted molar refractivity (Wildman–Crippen MR) is 104 cm³/mol. The van der Waals surface area contributed by atoms with Gasteiger partial charge in [-0.25, -0.2) is 13.4 Å². The van der Waals surface area contributed by atoms with Crippen molar-refractivity contribution in [2.24, 2.45) is 5.92 Å². The van der Waals surface area contributed by atoms with E-state index in [1.54, 1.807) is 26.0 Å². The molecule has 1 amide bonds. The minimum absolute atomic E-state index is 0. The summed E-state index contributed by atoms with van der Waals surface area (Å²) >= 11 is 0. The second kappa shape index (κ2) is 8.24. The lowest BCUT2D eigenvalue weighted by atomic mass is 9.99. The lowest BCUT2D eigenvalue weighted by molar-refractivity contribution is -0.120. The van der Waals surface area contributed by atoms with E-state index in [0.717, 1.165) is 0 Å². The second-order valence-corrected chi connectivity index (χ2v) is 8.30. The summed E-state index contributed by atoms with van der Waals surface area (Å²) < 4.78 is 27.3. The van der Waals surface area contributed by atoms with Crippen LogP contribution in [-0.2, 0) is 14.8 Å². The monoisotopic (exact) mass is 414 g/mol. The number of hydrogen-bond acceptors (Lipinski definition) is 6. The van der Waals surface area contributed by atoms with E-state index >= 15 is 0 Å². The fourth-order valence-corrected chi connectivity index (χ4v) is 5.00. The highest BCUT2D eigenvalue weighted by Gasteiger charge is 2.35. The van der Waals surface area contributed by atoms with Gasteiger partial charge in [-0.3, -0.25) is 9.89 Å². The first kappa shape index (κ1) is 21.1. The number of aromatic nitrogens is 3. The SMILES string of the molecule is Cc1n[nH]c(C)c1S(=O)(=O)N1CCCC(C(=O)Nc2ccc(N)nc2)C1.Cl. The van der Waals surface area contributed by atoms with Crippen molar-refractivity contribution in [3.05, 3.63) is 29.7 Å². The number of amides is 1. The van der Waals surface area contributed by atoms with Gasteiger partial charge in [-0.1, -0.05) is 0 Å². The van der Waals surface area contributed by atoms with Gasteiger partial charge in [0.25, 0.3) is 0 Å². The van der Waals surface area contributed by atoms with E-state index in [2.05, 4.69) is 20.5 Å². The molecular weight excluding hydrogens is 392 g/mol. The number of hydrogen-bond donors (Lipinski definition) is 3. The third-order valence-corrected chi connectivity index (χ3v) is 6.60. The number of pyridine rings is 1. The van der Waals surface area contributed by atoms with E-state index in [9.17, 15) is 13.2 Å². The molecule has 1 aliphatic heterocycles. The second-order valence-electron chi connectivity index (χ2n) is 6.43. The maximum Gasteiger partial charge on any atom is 0.246 e. The number of nitrogen functional groups attached to an aromatic ring is 1. The van der Waals surface area contributed by atoms with E-state index in [1.165, 1.54) is 10.5 Å². The molecule has 0 bridgehead atoms. The van der Waals surface area contributed by atoms with Gasteiger partial charge in [-0.2, -0.15) is 9.40 Å². The van der Waals surface area contributed by atoms with Crippen LogP contribution in [0.1, 0.15) is 24.2 Å². The number of nitrogens with one attached hydrogen (secondary N) is 2. The highest BCUT2D eigenvalue weighted by atomic mass is 35.5. The number of rotatable bonds is 4. The quantitative estimate of drug-likeness (QED) is 0.693. The molecule has 9 nitrogen and oxygen atoms in total. The summed E-state index contributed by atoms with van der Waals surface area (Å²) in [6.45, 7) is 3.86. The Kier molecular flexibility index (Phi) is 6.45. The summed E-state index contributed by atoms with van der Waals surface area (Å²) in [5.74, 6) is -0.288. The van der Waals surface area contributed by atoms with Crippen LogP contribution >= 0.6 is 12.4 Å². The van der Waals surface area contributed by atoms with Crippen molar-refractivity contribution >= 4 is 39.8 Å². The van der Waals surface area contributed by atoms with E-state index in [0.29, 0.717) is 42.3 Å². The number of nitrogens with zero attached hydrogens (tertiary/aromatic N) is 3. The van der Waals surface area contributed by atoms with Gasteiger partial charge in [-0.05, 0) is 38.8 Å². The van der Waals surface area contributed by atoms with Crippen molar-refractivity contribution in [1.29, 1.82) is 0 Å². The van der Waals surface area contributed by atoms with Crippen molar-refractivity contribution in [3.8, 4) is 0 Å². The van der Waals surface area contributed by atoms with Gasteiger partial charge < -0.3 is 11.1 Å². The molecular formula is C16H23ClN6O3S. The Morgan fingerprint density at radius 2 is 2.11 bits per heavy atom. The van der Waals surface area contributed by atoms with Gasteiger partial charge in [0.05, 0.1) is 29.2 Å². The Morgan fingerprint density at radius 1 is 1.37 bits per heavy atom. The fraction of sp³-hybridized carbons (Fsp3) is 0.438. The van der Waals surface area contributed by atoms with Crippen molar-refractivity contribution < 1.29 is 13.2 Å². The van der Waals surface area contributed by atoms with Gasteiger partial charge in [0.15, 0.2) is 0 Å². The average Bonchev–Trinajstić information content (AvgIpc) is 2.96. The van der Waals surface area contributed by atoms with Crippen LogP contribution in [0.4, 0.5) is 11.5 Å². The van der Waals surface area contributed by atoms with Gasteiger partial charge >= 0.3 is 0 Å². The molecule has 1 fully saturated rings. The highest BCUT2D eigenvalue weighted by Crippen LogP contribution is 2.27. The van der Waals surface area contributed by atoms with Gasteiger partial charge in [0, 0.05) is 13.1 Å². The lowest BCUT2D eigenvalue weighted by Gasteiger charge is -2.31. The predicted octanol–water partition coefficient (Wildman–Crippen LogP) is 1.46. The normalized spacial score (nSPS) is 17.9. The fourth-order valence-electron chi connectivity index (χ4n) is 3.15. The molecule has 0 radical (unpaired) electrons. The molecule has 4 N–H and O–H groups in total. The summed E-state index contributed by atoms with van der Waals surface area (Å²) in [6.07, 6.45) is 2.72. The van der Waals surface area contributed by atoms with Crippen LogP contribution in [0.25, 0.3) is 0 Å². The molecule has 27 heavy (non-hydrogen) atoms. The Labute approximate surface area is 164 Å². The molecule has 0 spiro atoms. The number of carbonyl (C=O) groups excluding carboxylic acids is 1. The topological polar surface area (TPSA) is 134 Å². The highest BCUT2D eigenvalue weighted by molar-refractivity contribution is 7.89. The number of aromatic amines is 1. The van der Waals surface area contributed by atoms with Crippen LogP contribution in [0.15, 0.2) is 23.2 Å². The number of halogens is 1. The first-order valence-corrected chi connectivity index (χ1v) is 9.77. The molecule has 3 heterocycles. The molecule has 1 unspecified atom stereocenters. The van der Waals surface area contributed by atoms with Crippen LogP contribution in [0.3, 0.4) is 0 Å². The number of sulfonamides is 1. The number of nitrogens with two attached hydrogens (primary N) is 1. The molecule has 1 aliphatic rings. The molecule has 1 atom stereocenters. The third kappa shape index (κ3) is 4.40. The minimum atomic E-state index is -3.69. The maximum atomic E-state index is 13.0. The van der Waals surface area contributed by atoms with Crippen LogP contribution in [0.2, 0.25) is 0 Å². The van der Waals surface area contributed by atoms with Gasteiger partial charge in [-0.15, -0.1) is 12.4 Å². The molecule has 2 aromatic rings. The first-order chi connectivity index (χ1) is 12.3. The molecule has 3 rings (SSSR count). The zero-order valence-electron chi connectivity index (χ0n) is 15.1. The van der Waals surface area contributed by atoms with E-state index in [1.807, 2.05) is 0 Å². The molecule has 1 saturated heterocycles. The average molecular weight is 415 g/mol. The van der Waals surface area contributed by atoms with Crippen LogP contribution < -0.4 is 11.1 Å². The molecule has 148 valence electrons. The third-order valence-electron chi connectivity index (χ3n) is 4.47. The maximum absolute atomic E-state index is 13.0. The van der Waals surface area contributed by atoms with Crippen LogP contribution in [-0.4, -0.2) is 46.9 Å². The van der Waals surface area contributed by atoms with Crippen molar-refractivity contribution in [2.75, 3.05) is 24.1 Å². The van der Waals surface area contributed by atoms with Crippen LogP contribution in [0.5, 0.6) is 0 Å².